The van der Waals surface area contributed by atoms with Crippen molar-refractivity contribution in [3.05, 3.63) is 77.3 Å². The minimum absolute atomic E-state index is 0.563. The molecule has 0 N–H and O–H groups in total. The van der Waals surface area contributed by atoms with E-state index in [9.17, 15) is 0 Å². The highest BCUT2D eigenvalue weighted by atomic mass is 16.6. The molecule has 4 heteroatoms. The number of aryl methyl sites for hydroxylation is 4. The molecule has 3 aromatic rings. The van der Waals surface area contributed by atoms with Crippen molar-refractivity contribution in [3.8, 4) is 11.7 Å². The molecule has 0 aliphatic rings. The summed E-state index contributed by atoms with van der Waals surface area (Å²) in [6, 6.07) is 18.5. The summed E-state index contributed by atoms with van der Waals surface area (Å²) in [5.41, 5.74) is 3.42. The smallest absolute Gasteiger partial charge is 0.308 e. The van der Waals surface area contributed by atoms with E-state index in [1.54, 1.807) is 7.11 Å². The zero-order valence-electron chi connectivity index (χ0n) is 15.4. The van der Waals surface area contributed by atoms with Gasteiger partial charge in [0.05, 0.1) is 13.7 Å². The molecule has 0 saturated carbocycles. The molecular formula is C22H25NO3. The van der Waals surface area contributed by atoms with Crippen molar-refractivity contribution in [1.29, 1.82) is 0 Å². The van der Waals surface area contributed by atoms with Crippen molar-refractivity contribution < 1.29 is 13.9 Å². The number of methoxy groups -OCH3 is 1. The normalized spacial score (nSPS) is 10.7. The Morgan fingerprint density at radius 2 is 1.54 bits per heavy atom. The average Bonchev–Trinajstić information content (AvgIpc) is 3.08. The molecule has 1 aromatic heterocycles. The summed E-state index contributed by atoms with van der Waals surface area (Å²) in [5, 5.41) is 0. The lowest BCUT2D eigenvalue weighted by atomic mass is 10.1. The van der Waals surface area contributed by atoms with Crippen LogP contribution in [0.25, 0.3) is 0 Å². The number of hydrogen-bond donors (Lipinski definition) is 0. The van der Waals surface area contributed by atoms with E-state index in [2.05, 4.69) is 41.4 Å². The first-order valence-electron chi connectivity index (χ1n) is 9.06. The molecular weight excluding hydrogens is 326 g/mol. The maximum absolute atomic E-state index is 5.85. The molecule has 0 spiro atoms. The summed E-state index contributed by atoms with van der Waals surface area (Å²) < 4.78 is 16.7. The van der Waals surface area contributed by atoms with Crippen molar-refractivity contribution in [2.24, 2.45) is 0 Å². The zero-order chi connectivity index (χ0) is 18.2. The van der Waals surface area contributed by atoms with Gasteiger partial charge in [-0.1, -0.05) is 42.5 Å². The SMILES string of the molecule is CCOc1oc(CCc2ccc(OC)cc2)nc1CCc1ccccc1. The molecule has 0 aliphatic carbocycles. The Balaban J connectivity index is 1.63. The summed E-state index contributed by atoms with van der Waals surface area (Å²) >= 11 is 0. The predicted molar refractivity (Wildman–Crippen MR) is 102 cm³/mol. The molecule has 136 valence electrons. The molecule has 26 heavy (non-hydrogen) atoms. The fourth-order valence-corrected chi connectivity index (χ4v) is 2.84. The maximum atomic E-state index is 5.85. The summed E-state index contributed by atoms with van der Waals surface area (Å²) in [5.74, 6) is 2.16. The first kappa shape index (κ1) is 18.1. The molecule has 4 nitrogen and oxygen atoms in total. The number of ether oxygens (including phenoxy) is 2. The summed E-state index contributed by atoms with van der Waals surface area (Å²) in [6.07, 6.45) is 3.35. The van der Waals surface area contributed by atoms with Crippen LogP contribution < -0.4 is 9.47 Å². The number of aromatic nitrogens is 1. The van der Waals surface area contributed by atoms with Gasteiger partial charge >= 0.3 is 5.95 Å². The van der Waals surface area contributed by atoms with Crippen LogP contribution in [-0.2, 0) is 25.7 Å². The fraction of sp³-hybridized carbons (Fsp3) is 0.318. The van der Waals surface area contributed by atoms with Crippen molar-refractivity contribution >= 4 is 0 Å². The van der Waals surface area contributed by atoms with Gasteiger partial charge in [-0.2, -0.15) is 0 Å². The van der Waals surface area contributed by atoms with Gasteiger partial charge < -0.3 is 13.9 Å². The lowest BCUT2D eigenvalue weighted by molar-refractivity contribution is 0.247. The lowest BCUT2D eigenvalue weighted by Gasteiger charge is -2.02. The topological polar surface area (TPSA) is 44.5 Å². The van der Waals surface area contributed by atoms with Crippen LogP contribution in [0.15, 0.2) is 59.0 Å². The highest BCUT2D eigenvalue weighted by molar-refractivity contribution is 5.27. The Bertz CT molecular complexity index is 794. The summed E-state index contributed by atoms with van der Waals surface area (Å²) in [6.45, 7) is 2.53. The van der Waals surface area contributed by atoms with Crippen molar-refractivity contribution in [2.75, 3.05) is 13.7 Å². The van der Waals surface area contributed by atoms with Gasteiger partial charge in [0.25, 0.3) is 0 Å². The molecule has 0 saturated heterocycles. The number of nitrogens with zero attached hydrogens (tertiary/aromatic N) is 1. The monoisotopic (exact) mass is 351 g/mol. The zero-order valence-corrected chi connectivity index (χ0v) is 15.4. The second kappa shape index (κ2) is 9.09. The van der Waals surface area contributed by atoms with Gasteiger partial charge in [-0.05, 0) is 43.0 Å². The number of oxazole rings is 1. The van der Waals surface area contributed by atoms with Gasteiger partial charge in [0.1, 0.15) is 11.4 Å². The predicted octanol–water partition coefficient (Wildman–Crippen LogP) is 4.65. The van der Waals surface area contributed by atoms with Gasteiger partial charge in [0, 0.05) is 12.8 Å². The van der Waals surface area contributed by atoms with E-state index in [4.69, 9.17) is 13.9 Å². The Hall–Kier alpha value is -2.75. The van der Waals surface area contributed by atoms with Gasteiger partial charge in [-0.15, -0.1) is 0 Å². The minimum atomic E-state index is 0.563. The molecule has 3 rings (SSSR count). The standard InChI is InChI=1S/C22H25NO3/c1-3-25-22-20(15-11-17-7-5-4-6-8-17)23-21(26-22)16-12-18-9-13-19(24-2)14-10-18/h4-10,13-14H,3,11-12,15-16H2,1-2H3. The largest absolute Gasteiger partial charge is 0.497 e. The number of benzene rings is 2. The molecule has 0 amide bonds. The minimum Gasteiger partial charge on any atom is -0.497 e. The molecule has 0 unspecified atom stereocenters. The van der Waals surface area contributed by atoms with Gasteiger partial charge in [-0.3, -0.25) is 0 Å². The van der Waals surface area contributed by atoms with Crippen molar-refractivity contribution in [3.63, 3.8) is 0 Å². The van der Waals surface area contributed by atoms with Crippen LogP contribution in [0.3, 0.4) is 0 Å². The highest BCUT2D eigenvalue weighted by Gasteiger charge is 2.14. The van der Waals surface area contributed by atoms with Crippen LogP contribution >= 0.6 is 0 Å². The van der Waals surface area contributed by atoms with E-state index >= 15 is 0 Å². The van der Waals surface area contributed by atoms with Crippen LogP contribution in [0.2, 0.25) is 0 Å². The van der Waals surface area contributed by atoms with E-state index in [1.165, 1.54) is 11.1 Å². The second-order valence-electron chi connectivity index (χ2n) is 6.11. The highest BCUT2D eigenvalue weighted by Crippen LogP contribution is 2.23. The maximum Gasteiger partial charge on any atom is 0.308 e. The van der Waals surface area contributed by atoms with E-state index in [0.717, 1.165) is 43.0 Å². The van der Waals surface area contributed by atoms with E-state index < -0.39 is 0 Å². The molecule has 0 radical (unpaired) electrons. The Morgan fingerprint density at radius 3 is 2.23 bits per heavy atom. The second-order valence-corrected chi connectivity index (χ2v) is 6.11. The Kier molecular flexibility index (Phi) is 6.31. The van der Waals surface area contributed by atoms with Gasteiger partial charge in [0.2, 0.25) is 0 Å². The Morgan fingerprint density at radius 1 is 0.846 bits per heavy atom. The first-order valence-corrected chi connectivity index (χ1v) is 9.06. The molecule has 0 bridgehead atoms. The van der Waals surface area contributed by atoms with Crippen molar-refractivity contribution in [2.45, 2.75) is 32.6 Å². The van der Waals surface area contributed by atoms with Crippen LogP contribution in [0, 0.1) is 0 Å². The number of hydrogen-bond acceptors (Lipinski definition) is 4. The first-order chi connectivity index (χ1) is 12.8. The average molecular weight is 351 g/mol. The molecule has 1 heterocycles. The third-order valence-corrected chi connectivity index (χ3v) is 4.26. The van der Waals surface area contributed by atoms with E-state index in [1.807, 2.05) is 25.1 Å². The fourth-order valence-electron chi connectivity index (χ4n) is 2.84. The summed E-state index contributed by atoms with van der Waals surface area (Å²) in [4.78, 5) is 4.68. The molecule has 0 aliphatic heterocycles. The van der Waals surface area contributed by atoms with E-state index in [0.29, 0.717) is 12.6 Å². The van der Waals surface area contributed by atoms with E-state index in [-0.39, 0.29) is 0 Å². The van der Waals surface area contributed by atoms with Crippen LogP contribution in [0.5, 0.6) is 11.7 Å². The molecule has 2 aromatic carbocycles. The van der Waals surface area contributed by atoms with Crippen LogP contribution in [-0.4, -0.2) is 18.7 Å². The van der Waals surface area contributed by atoms with Gasteiger partial charge in [-0.25, -0.2) is 4.98 Å². The van der Waals surface area contributed by atoms with Gasteiger partial charge in [0.15, 0.2) is 5.89 Å². The van der Waals surface area contributed by atoms with Crippen LogP contribution in [0.4, 0.5) is 0 Å². The third-order valence-electron chi connectivity index (χ3n) is 4.26. The number of rotatable bonds is 9. The van der Waals surface area contributed by atoms with Crippen LogP contribution in [0.1, 0.15) is 29.6 Å². The summed E-state index contributed by atoms with van der Waals surface area (Å²) in [7, 11) is 1.67. The lowest BCUT2D eigenvalue weighted by Crippen LogP contribution is -1.97. The van der Waals surface area contributed by atoms with Crippen molar-refractivity contribution in [1.82, 2.24) is 4.98 Å². The third kappa shape index (κ3) is 4.88. The molecule has 0 atom stereocenters. The molecule has 0 fully saturated rings. The quantitative estimate of drug-likeness (QED) is 0.563. The Labute approximate surface area is 154 Å².